The van der Waals surface area contributed by atoms with Crippen molar-refractivity contribution in [2.75, 3.05) is 4.90 Å². The van der Waals surface area contributed by atoms with Crippen LogP contribution in [0.1, 0.15) is 5.56 Å². The van der Waals surface area contributed by atoms with Crippen LogP contribution in [0.25, 0.3) is 0 Å². The van der Waals surface area contributed by atoms with Crippen LogP contribution in [0, 0.1) is 5.92 Å². The molecule has 2 aromatic rings. The van der Waals surface area contributed by atoms with Gasteiger partial charge in [-0.15, -0.1) is 0 Å². The van der Waals surface area contributed by atoms with E-state index in [1.54, 1.807) is 30.3 Å². The smallest absolute Gasteiger partial charge is 0.279 e. The van der Waals surface area contributed by atoms with E-state index in [9.17, 15) is 9.59 Å². The van der Waals surface area contributed by atoms with Crippen molar-refractivity contribution in [1.82, 2.24) is 0 Å². The minimum absolute atomic E-state index is 0.234. The molecule has 2 heterocycles. The Morgan fingerprint density at radius 3 is 2.32 bits per heavy atom. The SMILES string of the molecule is O=C1[C@H]2C(c3ccc(Cl)cc3)=NO[C@H]2C(=O)N1c1cc(Cl)ccc1Cl. The van der Waals surface area contributed by atoms with Gasteiger partial charge in [-0.3, -0.25) is 9.59 Å². The molecule has 0 spiro atoms. The highest BCUT2D eigenvalue weighted by Crippen LogP contribution is 2.38. The predicted molar refractivity (Wildman–Crippen MR) is 95.3 cm³/mol. The third-order valence-electron chi connectivity index (χ3n) is 4.10. The van der Waals surface area contributed by atoms with E-state index in [1.807, 2.05) is 0 Å². The summed E-state index contributed by atoms with van der Waals surface area (Å²) in [6.07, 6.45) is -1.01. The molecule has 126 valence electrons. The van der Waals surface area contributed by atoms with Gasteiger partial charge in [-0.1, -0.05) is 52.1 Å². The lowest BCUT2D eigenvalue weighted by atomic mass is 9.94. The summed E-state index contributed by atoms with van der Waals surface area (Å²) in [7, 11) is 0. The van der Waals surface area contributed by atoms with Crippen molar-refractivity contribution in [3.8, 4) is 0 Å². The number of hydrogen-bond acceptors (Lipinski definition) is 4. The maximum Gasteiger partial charge on any atom is 0.279 e. The number of anilines is 1. The summed E-state index contributed by atoms with van der Waals surface area (Å²) in [4.78, 5) is 31.9. The first-order valence-corrected chi connectivity index (χ1v) is 8.43. The van der Waals surface area contributed by atoms with Gasteiger partial charge in [0.1, 0.15) is 11.6 Å². The minimum atomic E-state index is -1.01. The van der Waals surface area contributed by atoms with Crippen LogP contribution >= 0.6 is 34.8 Å². The Labute approximate surface area is 157 Å². The van der Waals surface area contributed by atoms with Crippen molar-refractivity contribution in [3.05, 3.63) is 63.1 Å². The summed E-state index contributed by atoms with van der Waals surface area (Å²) in [5, 5.41) is 5.10. The third-order valence-corrected chi connectivity index (χ3v) is 4.91. The highest BCUT2D eigenvalue weighted by molar-refractivity contribution is 6.39. The maximum atomic E-state index is 12.9. The Kier molecular flexibility index (Phi) is 3.95. The van der Waals surface area contributed by atoms with E-state index >= 15 is 0 Å². The second-order valence-electron chi connectivity index (χ2n) is 5.59. The van der Waals surface area contributed by atoms with Gasteiger partial charge in [-0.2, -0.15) is 0 Å². The molecule has 0 radical (unpaired) electrons. The number of benzene rings is 2. The summed E-state index contributed by atoms with van der Waals surface area (Å²) in [6.45, 7) is 0. The zero-order valence-electron chi connectivity index (χ0n) is 12.4. The molecule has 2 aliphatic heterocycles. The van der Waals surface area contributed by atoms with Gasteiger partial charge >= 0.3 is 0 Å². The van der Waals surface area contributed by atoms with E-state index in [1.165, 1.54) is 12.1 Å². The van der Waals surface area contributed by atoms with Crippen LogP contribution in [0.5, 0.6) is 0 Å². The number of carbonyl (C=O) groups excluding carboxylic acids is 2. The first-order chi connectivity index (χ1) is 12.0. The molecule has 0 saturated carbocycles. The third kappa shape index (κ3) is 2.59. The van der Waals surface area contributed by atoms with Gasteiger partial charge in [0.15, 0.2) is 0 Å². The molecule has 0 aromatic heterocycles. The second kappa shape index (κ2) is 6.02. The van der Waals surface area contributed by atoms with Gasteiger partial charge < -0.3 is 4.84 Å². The molecule has 0 N–H and O–H groups in total. The molecule has 2 atom stereocenters. The second-order valence-corrected chi connectivity index (χ2v) is 6.87. The Morgan fingerprint density at radius 2 is 1.60 bits per heavy atom. The van der Waals surface area contributed by atoms with Crippen molar-refractivity contribution >= 4 is 58.0 Å². The lowest BCUT2D eigenvalue weighted by Crippen LogP contribution is -2.33. The highest BCUT2D eigenvalue weighted by Gasteiger charge is 2.56. The number of carbonyl (C=O) groups is 2. The Bertz CT molecular complexity index is 927. The quantitative estimate of drug-likeness (QED) is 0.724. The number of imide groups is 1. The largest absolute Gasteiger partial charge is 0.381 e. The van der Waals surface area contributed by atoms with Gasteiger partial charge in [0.05, 0.1) is 10.7 Å². The molecule has 5 nitrogen and oxygen atoms in total. The number of nitrogens with zero attached hydrogens (tertiary/aromatic N) is 2. The molecule has 1 fully saturated rings. The van der Waals surface area contributed by atoms with Gasteiger partial charge in [0, 0.05) is 15.6 Å². The average Bonchev–Trinajstić information content (AvgIpc) is 3.12. The number of rotatable bonds is 2. The van der Waals surface area contributed by atoms with Crippen LogP contribution in [-0.4, -0.2) is 23.6 Å². The van der Waals surface area contributed by atoms with Crippen LogP contribution in [0.15, 0.2) is 47.6 Å². The molecular weight excluding hydrogens is 387 g/mol. The molecule has 0 aliphatic carbocycles. The lowest BCUT2D eigenvalue weighted by molar-refractivity contribution is -0.126. The average molecular weight is 396 g/mol. The summed E-state index contributed by atoms with van der Waals surface area (Å²) in [5.41, 5.74) is 1.29. The molecule has 4 rings (SSSR count). The van der Waals surface area contributed by atoms with Crippen molar-refractivity contribution in [2.45, 2.75) is 6.10 Å². The fourth-order valence-electron chi connectivity index (χ4n) is 2.93. The van der Waals surface area contributed by atoms with Gasteiger partial charge in [-0.25, -0.2) is 4.90 Å². The first-order valence-electron chi connectivity index (χ1n) is 7.30. The number of halogens is 3. The van der Waals surface area contributed by atoms with Gasteiger partial charge in [0.25, 0.3) is 5.91 Å². The fourth-order valence-corrected chi connectivity index (χ4v) is 3.43. The van der Waals surface area contributed by atoms with Crippen LogP contribution in [-0.2, 0) is 14.4 Å². The lowest BCUT2D eigenvalue weighted by Gasteiger charge is -2.17. The molecule has 8 heteroatoms. The van der Waals surface area contributed by atoms with Crippen LogP contribution in [0.2, 0.25) is 15.1 Å². The Balaban J connectivity index is 1.73. The van der Waals surface area contributed by atoms with E-state index in [0.717, 1.165) is 4.90 Å². The molecule has 2 aromatic carbocycles. The van der Waals surface area contributed by atoms with E-state index in [0.29, 0.717) is 21.3 Å². The first kappa shape index (κ1) is 16.4. The van der Waals surface area contributed by atoms with Crippen molar-refractivity contribution in [1.29, 1.82) is 0 Å². The molecule has 2 amide bonds. The topological polar surface area (TPSA) is 59.0 Å². The monoisotopic (exact) mass is 394 g/mol. The fraction of sp³-hybridized carbons (Fsp3) is 0.118. The molecule has 0 bridgehead atoms. The van der Waals surface area contributed by atoms with E-state index in [4.69, 9.17) is 39.6 Å². The van der Waals surface area contributed by atoms with Crippen LogP contribution in [0.4, 0.5) is 5.69 Å². The molecular formula is C17H9Cl3N2O3. The maximum absolute atomic E-state index is 12.9. The number of oxime groups is 1. The summed E-state index contributed by atoms with van der Waals surface area (Å²) in [6, 6.07) is 11.4. The highest BCUT2D eigenvalue weighted by atomic mass is 35.5. The number of hydrogen-bond donors (Lipinski definition) is 0. The molecule has 2 aliphatic rings. The minimum Gasteiger partial charge on any atom is -0.381 e. The molecule has 25 heavy (non-hydrogen) atoms. The van der Waals surface area contributed by atoms with Crippen LogP contribution in [0.3, 0.4) is 0 Å². The normalized spacial score (nSPS) is 22.0. The van der Waals surface area contributed by atoms with E-state index in [-0.39, 0.29) is 10.7 Å². The number of amides is 2. The standard InChI is InChI=1S/C17H9Cl3N2O3/c18-9-3-1-8(2-4-9)14-13-15(25-21-14)17(24)22(16(13)23)12-7-10(19)5-6-11(12)20/h1-7,13,15H/t13-,15+/m0/s1. The molecule has 1 saturated heterocycles. The zero-order chi connectivity index (χ0) is 17.7. The zero-order valence-corrected chi connectivity index (χ0v) is 14.7. The van der Waals surface area contributed by atoms with E-state index in [2.05, 4.69) is 5.16 Å². The molecule has 0 unspecified atom stereocenters. The summed E-state index contributed by atoms with van der Waals surface area (Å²) >= 11 is 18.0. The Hall–Kier alpha value is -2.08. The van der Waals surface area contributed by atoms with Crippen molar-refractivity contribution in [2.24, 2.45) is 11.1 Å². The van der Waals surface area contributed by atoms with E-state index < -0.39 is 23.8 Å². The summed E-state index contributed by atoms with van der Waals surface area (Å²) in [5.74, 6) is -1.80. The van der Waals surface area contributed by atoms with Gasteiger partial charge in [-0.05, 0) is 30.3 Å². The number of fused-ring (bicyclic) bond motifs is 1. The van der Waals surface area contributed by atoms with Crippen molar-refractivity contribution in [3.63, 3.8) is 0 Å². The van der Waals surface area contributed by atoms with Crippen molar-refractivity contribution < 1.29 is 14.4 Å². The Morgan fingerprint density at radius 1 is 0.920 bits per heavy atom. The van der Waals surface area contributed by atoms with Crippen LogP contribution < -0.4 is 4.90 Å². The predicted octanol–water partition coefficient (Wildman–Crippen LogP) is 3.94. The van der Waals surface area contributed by atoms with Gasteiger partial charge in [0.2, 0.25) is 12.0 Å². The summed E-state index contributed by atoms with van der Waals surface area (Å²) < 4.78 is 0.